The highest BCUT2D eigenvalue weighted by molar-refractivity contribution is 7.19. The van der Waals surface area contributed by atoms with E-state index in [-0.39, 0.29) is 0 Å². The van der Waals surface area contributed by atoms with Gasteiger partial charge in [-0.05, 0) is 42.0 Å². The molecule has 2 heterocycles. The molecular weight excluding hydrogens is 270 g/mol. The van der Waals surface area contributed by atoms with Crippen molar-refractivity contribution in [3.63, 3.8) is 0 Å². The van der Waals surface area contributed by atoms with Gasteiger partial charge >= 0.3 is 0 Å². The molecule has 2 aromatic heterocycles. The minimum atomic E-state index is 0.558. The van der Waals surface area contributed by atoms with Gasteiger partial charge in [0.05, 0.1) is 17.7 Å². The third-order valence-corrected chi connectivity index (χ3v) is 3.88. The summed E-state index contributed by atoms with van der Waals surface area (Å²) in [4.78, 5) is 9.54. The van der Waals surface area contributed by atoms with Crippen molar-refractivity contribution in [1.29, 1.82) is 0 Å². The van der Waals surface area contributed by atoms with Crippen LogP contribution in [0.3, 0.4) is 0 Å². The van der Waals surface area contributed by atoms with E-state index < -0.39 is 0 Å². The number of hydrogen-bond acceptors (Lipinski definition) is 5. The molecule has 100 valence electrons. The molecule has 4 nitrogen and oxygen atoms in total. The molecular formula is C15H13N3OS. The summed E-state index contributed by atoms with van der Waals surface area (Å²) in [5.41, 5.74) is 8.86. The first-order chi connectivity index (χ1) is 9.78. The summed E-state index contributed by atoms with van der Waals surface area (Å²) in [7, 11) is 1.65. The molecule has 20 heavy (non-hydrogen) atoms. The Balaban J connectivity index is 2.09. The number of thiazole rings is 1. The first kappa shape index (κ1) is 12.6. The second-order valence-electron chi connectivity index (χ2n) is 4.19. The molecule has 0 bridgehead atoms. The number of nitrogen functional groups attached to an aromatic ring is 1. The number of anilines is 1. The normalized spacial score (nSPS) is 10.4. The van der Waals surface area contributed by atoms with Gasteiger partial charge in [-0.1, -0.05) is 11.3 Å². The van der Waals surface area contributed by atoms with E-state index in [9.17, 15) is 0 Å². The third kappa shape index (κ3) is 2.35. The van der Waals surface area contributed by atoms with Crippen LogP contribution < -0.4 is 10.5 Å². The Morgan fingerprint density at radius 1 is 1.00 bits per heavy atom. The van der Waals surface area contributed by atoms with Gasteiger partial charge in [0.2, 0.25) is 0 Å². The van der Waals surface area contributed by atoms with E-state index >= 15 is 0 Å². The zero-order valence-electron chi connectivity index (χ0n) is 10.9. The summed E-state index contributed by atoms with van der Waals surface area (Å²) in [5, 5.41) is 0.558. The van der Waals surface area contributed by atoms with E-state index in [1.807, 2.05) is 36.4 Å². The Morgan fingerprint density at radius 2 is 1.70 bits per heavy atom. The molecule has 0 saturated heterocycles. The van der Waals surface area contributed by atoms with Crippen LogP contribution in [-0.2, 0) is 0 Å². The van der Waals surface area contributed by atoms with Crippen molar-refractivity contribution in [3.05, 3.63) is 48.8 Å². The summed E-state index contributed by atoms with van der Waals surface area (Å²) < 4.78 is 5.17. The fourth-order valence-electron chi connectivity index (χ4n) is 1.98. The van der Waals surface area contributed by atoms with Crippen LogP contribution in [0, 0.1) is 0 Å². The Morgan fingerprint density at radius 3 is 2.35 bits per heavy atom. The largest absolute Gasteiger partial charge is 0.497 e. The van der Waals surface area contributed by atoms with Crippen LogP contribution in [0.15, 0.2) is 48.8 Å². The molecule has 2 N–H and O–H groups in total. The zero-order chi connectivity index (χ0) is 13.9. The zero-order valence-corrected chi connectivity index (χ0v) is 11.7. The summed E-state index contributed by atoms with van der Waals surface area (Å²) in [6.45, 7) is 0. The van der Waals surface area contributed by atoms with Gasteiger partial charge in [0.1, 0.15) is 5.75 Å². The molecule has 0 aliphatic heterocycles. The SMILES string of the molecule is COc1ccc(-c2nc(N)sc2-c2ccncc2)cc1. The van der Waals surface area contributed by atoms with Gasteiger partial charge in [0, 0.05) is 18.0 Å². The average molecular weight is 283 g/mol. The van der Waals surface area contributed by atoms with Crippen molar-refractivity contribution in [2.45, 2.75) is 0 Å². The standard InChI is InChI=1S/C15H13N3OS/c1-19-12-4-2-10(3-5-12)13-14(20-15(16)18-13)11-6-8-17-9-7-11/h2-9H,1H3,(H2,16,18). The third-order valence-electron chi connectivity index (χ3n) is 2.95. The van der Waals surface area contributed by atoms with E-state index in [2.05, 4.69) is 9.97 Å². The van der Waals surface area contributed by atoms with E-state index in [1.165, 1.54) is 11.3 Å². The fourth-order valence-corrected chi connectivity index (χ4v) is 2.84. The quantitative estimate of drug-likeness (QED) is 0.799. The molecule has 0 unspecified atom stereocenters. The molecule has 1 aromatic carbocycles. The first-order valence-electron chi connectivity index (χ1n) is 6.09. The maximum atomic E-state index is 5.88. The van der Waals surface area contributed by atoms with Gasteiger partial charge in [-0.2, -0.15) is 0 Å². The molecule has 0 atom stereocenters. The van der Waals surface area contributed by atoms with Crippen LogP contribution in [-0.4, -0.2) is 17.1 Å². The van der Waals surface area contributed by atoms with Crippen molar-refractivity contribution >= 4 is 16.5 Å². The molecule has 0 aliphatic rings. The number of pyridine rings is 1. The Kier molecular flexibility index (Phi) is 3.35. The van der Waals surface area contributed by atoms with Crippen LogP contribution in [0.4, 0.5) is 5.13 Å². The van der Waals surface area contributed by atoms with Crippen LogP contribution in [0.5, 0.6) is 5.75 Å². The molecule has 0 fully saturated rings. The number of nitrogens with zero attached hydrogens (tertiary/aromatic N) is 2. The van der Waals surface area contributed by atoms with Crippen LogP contribution in [0.2, 0.25) is 0 Å². The molecule has 5 heteroatoms. The summed E-state index contributed by atoms with van der Waals surface area (Å²) >= 11 is 1.48. The fraction of sp³-hybridized carbons (Fsp3) is 0.0667. The lowest BCUT2D eigenvalue weighted by atomic mass is 10.1. The van der Waals surface area contributed by atoms with Crippen molar-refractivity contribution in [2.75, 3.05) is 12.8 Å². The second kappa shape index (κ2) is 5.30. The number of hydrogen-bond donors (Lipinski definition) is 1. The smallest absolute Gasteiger partial charge is 0.181 e. The number of benzene rings is 1. The minimum Gasteiger partial charge on any atom is -0.497 e. The highest BCUT2D eigenvalue weighted by Gasteiger charge is 2.13. The molecule has 3 aromatic rings. The van der Waals surface area contributed by atoms with Gasteiger partial charge in [-0.15, -0.1) is 0 Å². The molecule has 0 aliphatic carbocycles. The van der Waals surface area contributed by atoms with Gasteiger partial charge in [-0.25, -0.2) is 4.98 Å². The number of aromatic nitrogens is 2. The number of rotatable bonds is 3. The maximum absolute atomic E-state index is 5.88. The molecule has 3 rings (SSSR count). The lowest BCUT2D eigenvalue weighted by molar-refractivity contribution is 0.415. The van der Waals surface area contributed by atoms with Crippen LogP contribution in [0.25, 0.3) is 21.7 Å². The van der Waals surface area contributed by atoms with Crippen molar-refractivity contribution < 1.29 is 4.74 Å². The topological polar surface area (TPSA) is 61.0 Å². The minimum absolute atomic E-state index is 0.558. The average Bonchev–Trinajstić information content (AvgIpc) is 2.90. The van der Waals surface area contributed by atoms with Crippen LogP contribution >= 0.6 is 11.3 Å². The second-order valence-corrected chi connectivity index (χ2v) is 5.22. The predicted molar refractivity (Wildman–Crippen MR) is 81.7 cm³/mol. The Hall–Kier alpha value is -2.40. The van der Waals surface area contributed by atoms with E-state index in [1.54, 1.807) is 19.5 Å². The van der Waals surface area contributed by atoms with E-state index in [0.717, 1.165) is 27.4 Å². The van der Waals surface area contributed by atoms with Gasteiger partial charge in [-0.3, -0.25) is 4.98 Å². The van der Waals surface area contributed by atoms with E-state index in [4.69, 9.17) is 10.5 Å². The molecule has 0 amide bonds. The van der Waals surface area contributed by atoms with Crippen molar-refractivity contribution in [3.8, 4) is 27.4 Å². The Bertz CT molecular complexity index is 708. The molecule has 0 saturated carbocycles. The predicted octanol–water partition coefficient (Wildman–Crippen LogP) is 3.46. The van der Waals surface area contributed by atoms with Crippen LogP contribution in [0.1, 0.15) is 0 Å². The molecule has 0 radical (unpaired) electrons. The van der Waals surface area contributed by atoms with Crippen molar-refractivity contribution in [1.82, 2.24) is 9.97 Å². The summed E-state index contributed by atoms with van der Waals surface area (Å²) in [6, 6.07) is 11.7. The van der Waals surface area contributed by atoms with Crippen molar-refractivity contribution in [2.24, 2.45) is 0 Å². The highest BCUT2D eigenvalue weighted by Crippen LogP contribution is 2.37. The van der Waals surface area contributed by atoms with Gasteiger partial charge in [0.25, 0.3) is 0 Å². The van der Waals surface area contributed by atoms with Gasteiger partial charge < -0.3 is 10.5 Å². The number of methoxy groups -OCH3 is 1. The molecule has 0 spiro atoms. The summed E-state index contributed by atoms with van der Waals surface area (Å²) in [6.07, 6.45) is 3.53. The monoisotopic (exact) mass is 283 g/mol. The number of ether oxygens (including phenoxy) is 1. The number of nitrogens with two attached hydrogens (primary N) is 1. The lowest BCUT2D eigenvalue weighted by Crippen LogP contribution is -1.86. The summed E-state index contributed by atoms with van der Waals surface area (Å²) in [5.74, 6) is 0.822. The Labute approximate surface area is 120 Å². The maximum Gasteiger partial charge on any atom is 0.181 e. The van der Waals surface area contributed by atoms with Gasteiger partial charge in [0.15, 0.2) is 5.13 Å². The van der Waals surface area contributed by atoms with E-state index in [0.29, 0.717) is 5.13 Å². The lowest BCUT2D eigenvalue weighted by Gasteiger charge is -2.04. The first-order valence-corrected chi connectivity index (χ1v) is 6.90. The highest BCUT2D eigenvalue weighted by atomic mass is 32.1.